The van der Waals surface area contributed by atoms with E-state index in [1.807, 2.05) is 0 Å². The van der Waals surface area contributed by atoms with Gasteiger partial charge in [-0.15, -0.1) is 0 Å². The van der Waals surface area contributed by atoms with Crippen LogP contribution in [0.25, 0.3) is 0 Å². The summed E-state index contributed by atoms with van der Waals surface area (Å²) in [6.45, 7) is 1.11. The highest BCUT2D eigenvalue weighted by Gasteiger charge is 2.47. The molecule has 5 aliphatic carbocycles. The number of rotatable bonds is 4. The fraction of sp³-hybridized carbons (Fsp3) is 0.800. The van der Waals surface area contributed by atoms with Crippen LogP contribution < -0.4 is 5.32 Å². The number of aryl methyl sites for hydroxylation is 1. The van der Waals surface area contributed by atoms with E-state index in [2.05, 4.69) is 15.3 Å². The van der Waals surface area contributed by atoms with Crippen molar-refractivity contribution in [2.75, 3.05) is 11.9 Å². The monoisotopic (exact) mass is 311 g/mol. The van der Waals surface area contributed by atoms with Crippen molar-refractivity contribution in [1.29, 1.82) is 0 Å². The fourth-order valence-electron chi connectivity index (χ4n) is 6.54. The van der Waals surface area contributed by atoms with Gasteiger partial charge in [-0.25, -0.2) is 9.97 Å². The van der Waals surface area contributed by atoms with Crippen LogP contribution in [0.5, 0.6) is 0 Å². The Labute approximate surface area is 139 Å². The summed E-state index contributed by atoms with van der Waals surface area (Å²) in [6, 6.07) is 0. The fourth-order valence-corrected chi connectivity index (χ4v) is 6.54. The zero-order chi connectivity index (χ0) is 15.2. The summed E-state index contributed by atoms with van der Waals surface area (Å²) in [5, 5.41) is 3.68. The highest BCUT2D eigenvalue weighted by Crippen LogP contribution is 2.57. The van der Waals surface area contributed by atoms with Gasteiger partial charge in [0.2, 0.25) is 0 Å². The van der Waals surface area contributed by atoms with Gasteiger partial charge in [-0.05, 0) is 93.8 Å². The minimum atomic E-state index is 0.993. The van der Waals surface area contributed by atoms with Gasteiger partial charge in [-0.2, -0.15) is 0 Å². The van der Waals surface area contributed by atoms with Gasteiger partial charge >= 0.3 is 0 Å². The molecule has 3 nitrogen and oxygen atoms in total. The molecule has 0 spiro atoms. The third-order valence-electron chi connectivity index (χ3n) is 7.32. The van der Waals surface area contributed by atoms with Crippen LogP contribution in [0.2, 0.25) is 0 Å². The van der Waals surface area contributed by atoms with Crippen molar-refractivity contribution in [2.24, 2.45) is 29.6 Å². The Bertz CT molecular complexity index is 554. The Kier molecular flexibility index (Phi) is 3.56. The summed E-state index contributed by atoms with van der Waals surface area (Å²) in [6.07, 6.45) is 15.7. The molecular formula is C20H29N3. The first-order valence-corrected chi connectivity index (χ1v) is 9.93. The SMILES string of the molecule is c1nc2c(c(NCCC3C4CC5CC(C4)CC3C5)n1)CCCC2. The number of fused-ring (bicyclic) bond motifs is 1. The van der Waals surface area contributed by atoms with Crippen molar-refractivity contribution in [2.45, 2.75) is 64.2 Å². The molecule has 0 aromatic carbocycles. The molecule has 6 rings (SSSR count). The predicted octanol–water partition coefficient (Wildman–Crippen LogP) is 4.23. The van der Waals surface area contributed by atoms with E-state index in [0.29, 0.717) is 0 Å². The van der Waals surface area contributed by atoms with E-state index in [4.69, 9.17) is 0 Å². The Balaban J connectivity index is 1.23. The number of anilines is 1. The van der Waals surface area contributed by atoms with E-state index in [1.165, 1.54) is 30.5 Å². The molecule has 1 aromatic heterocycles. The van der Waals surface area contributed by atoms with E-state index < -0.39 is 0 Å². The van der Waals surface area contributed by atoms with Crippen LogP contribution in [0, 0.1) is 29.6 Å². The Hall–Kier alpha value is -1.12. The van der Waals surface area contributed by atoms with Crippen molar-refractivity contribution in [3.8, 4) is 0 Å². The highest BCUT2D eigenvalue weighted by atomic mass is 15.0. The molecule has 0 radical (unpaired) electrons. The molecule has 0 atom stereocenters. The first kappa shape index (κ1) is 14.2. The van der Waals surface area contributed by atoms with Gasteiger partial charge in [0.1, 0.15) is 12.1 Å². The van der Waals surface area contributed by atoms with Crippen molar-refractivity contribution in [1.82, 2.24) is 9.97 Å². The van der Waals surface area contributed by atoms with Gasteiger partial charge in [0, 0.05) is 17.8 Å². The number of aromatic nitrogens is 2. The largest absolute Gasteiger partial charge is 0.370 e. The minimum absolute atomic E-state index is 0.993. The lowest BCUT2D eigenvalue weighted by Gasteiger charge is -2.54. The van der Waals surface area contributed by atoms with E-state index in [-0.39, 0.29) is 0 Å². The molecule has 23 heavy (non-hydrogen) atoms. The van der Waals surface area contributed by atoms with Gasteiger partial charge in [0.05, 0.1) is 0 Å². The molecule has 0 aliphatic heterocycles. The quantitative estimate of drug-likeness (QED) is 0.904. The zero-order valence-corrected chi connectivity index (χ0v) is 14.1. The third-order valence-corrected chi connectivity index (χ3v) is 7.32. The van der Waals surface area contributed by atoms with Crippen LogP contribution in [0.1, 0.15) is 62.6 Å². The normalized spacial score (nSPS) is 37.7. The Morgan fingerprint density at radius 1 is 0.913 bits per heavy atom. The lowest BCUT2D eigenvalue weighted by Crippen LogP contribution is -2.45. The lowest BCUT2D eigenvalue weighted by atomic mass is 9.51. The first-order chi connectivity index (χ1) is 11.4. The second kappa shape index (κ2) is 5.75. The second-order valence-electron chi connectivity index (χ2n) is 8.66. The molecule has 4 bridgehead atoms. The molecule has 4 saturated carbocycles. The number of hydrogen-bond donors (Lipinski definition) is 1. The maximum atomic E-state index is 4.54. The molecule has 0 amide bonds. The van der Waals surface area contributed by atoms with Crippen molar-refractivity contribution in [3.63, 3.8) is 0 Å². The van der Waals surface area contributed by atoms with Crippen molar-refractivity contribution < 1.29 is 0 Å². The Morgan fingerprint density at radius 3 is 2.43 bits per heavy atom. The van der Waals surface area contributed by atoms with E-state index in [1.54, 1.807) is 38.4 Å². The molecule has 3 heteroatoms. The van der Waals surface area contributed by atoms with Crippen molar-refractivity contribution in [3.05, 3.63) is 17.6 Å². The van der Waals surface area contributed by atoms with Crippen LogP contribution in [0.3, 0.4) is 0 Å². The summed E-state index contributed by atoms with van der Waals surface area (Å²) in [4.78, 5) is 9.03. The summed E-state index contributed by atoms with van der Waals surface area (Å²) in [7, 11) is 0. The summed E-state index contributed by atoms with van der Waals surface area (Å²) in [5.41, 5.74) is 2.70. The highest BCUT2D eigenvalue weighted by molar-refractivity contribution is 5.46. The topological polar surface area (TPSA) is 37.8 Å². The molecule has 1 heterocycles. The molecule has 1 N–H and O–H groups in total. The van der Waals surface area contributed by atoms with Crippen molar-refractivity contribution >= 4 is 5.82 Å². The van der Waals surface area contributed by atoms with Gasteiger partial charge in [-0.1, -0.05) is 0 Å². The van der Waals surface area contributed by atoms with Crippen LogP contribution in [0.4, 0.5) is 5.82 Å². The number of nitrogens with one attached hydrogen (secondary N) is 1. The van der Waals surface area contributed by atoms with E-state index >= 15 is 0 Å². The smallest absolute Gasteiger partial charge is 0.132 e. The van der Waals surface area contributed by atoms with E-state index in [9.17, 15) is 0 Å². The molecule has 0 unspecified atom stereocenters. The van der Waals surface area contributed by atoms with E-state index in [0.717, 1.165) is 54.8 Å². The zero-order valence-electron chi connectivity index (χ0n) is 14.1. The molecule has 1 aromatic rings. The van der Waals surface area contributed by atoms with Crippen LogP contribution in [-0.2, 0) is 12.8 Å². The number of nitrogens with zero attached hydrogens (tertiary/aromatic N) is 2. The lowest BCUT2D eigenvalue weighted by molar-refractivity contribution is -0.0381. The van der Waals surface area contributed by atoms with Gasteiger partial charge in [-0.3, -0.25) is 0 Å². The maximum Gasteiger partial charge on any atom is 0.132 e. The average Bonchev–Trinajstić information content (AvgIpc) is 2.57. The average molecular weight is 311 g/mol. The van der Waals surface area contributed by atoms with Crippen LogP contribution in [-0.4, -0.2) is 16.5 Å². The third kappa shape index (κ3) is 2.56. The molecular weight excluding hydrogens is 282 g/mol. The van der Waals surface area contributed by atoms with Crippen LogP contribution in [0.15, 0.2) is 6.33 Å². The second-order valence-corrected chi connectivity index (χ2v) is 8.66. The maximum absolute atomic E-state index is 4.54. The summed E-state index contributed by atoms with van der Waals surface area (Å²) in [5.74, 6) is 6.41. The molecule has 5 aliphatic rings. The van der Waals surface area contributed by atoms with Crippen LogP contribution >= 0.6 is 0 Å². The predicted molar refractivity (Wildman–Crippen MR) is 92.3 cm³/mol. The first-order valence-electron chi connectivity index (χ1n) is 9.93. The summed E-state index contributed by atoms with van der Waals surface area (Å²) >= 11 is 0. The van der Waals surface area contributed by atoms with Gasteiger partial charge < -0.3 is 5.32 Å². The Morgan fingerprint density at radius 2 is 1.65 bits per heavy atom. The molecule has 124 valence electrons. The number of hydrogen-bond acceptors (Lipinski definition) is 3. The van der Waals surface area contributed by atoms with Gasteiger partial charge in [0.25, 0.3) is 0 Å². The standard InChI is InChI=1S/C20H29N3/c1-2-4-19-18(3-1)20(23-12-22-19)21-6-5-17-15-8-13-7-14(10-15)11-16(17)9-13/h12-17H,1-11H2,(H,21,22,23). The minimum Gasteiger partial charge on any atom is -0.370 e. The molecule has 0 saturated heterocycles. The van der Waals surface area contributed by atoms with Gasteiger partial charge in [0.15, 0.2) is 0 Å². The summed E-state index contributed by atoms with van der Waals surface area (Å²) < 4.78 is 0. The molecule has 4 fully saturated rings.